The maximum Gasteiger partial charge on any atom is 0.333 e. The maximum atomic E-state index is 12.4. The highest BCUT2D eigenvalue weighted by Gasteiger charge is 2.20. The summed E-state index contributed by atoms with van der Waals surface area (Å²) in [5.41, 5.74) is 2.38. The molecule has 190 valence electrons. The molecular weight excluding hydrogens is 528 g/mol. The first-order valence-corrected chi connectivity index (χ1v) is 13.7. The molecule has 3 rings (SSSR count). The van der Waals surface area contributed by atoms with E-state index < -0.39 is 32.1 Å². The van der Waals surface area contributed by atoms with Crippen LogP contribution in [0.5, 0.6) is 0 Å². The van der Waals surface area contributed by atoms with Gasteiger partial charge in [0.25, 0.3) is 20.0 Å². The third kappa shape index (κ3) is 6.74. The molecule has 4 N–H and O–H groups in total. The normalized spacial score (nSPS) is 11.4. The van der Waals surface area contributed by atoms with Crippen LogP contribution in [-0.4, -0.2) is 28.9 Å². The first-order valence-electron chi connectivity index (χ1n) is 10.4. The molecule has 0 aromatic heterocycles. The number of hydrogen-bond acceptors (Lipinski definition) is 6. The molecular formula is C23H23ClN4O6S2. The molecule has 0 saturated heterocycles. The van der Waals surface area contributed by atoms with Crippen molar-refractivity contribution in [2.24, 2.45) is 0 Å². The molecule has 10 nitrogen and oxygen atoms in total. The van der Waals surface area contributed by atoms with Crippen molar-refractivity contribution in [3.8, 4) is 0 Å². The summed E-state index contributed by atoms with van der Waals surface area (Å²) < 4.78 is 53.4. The Hall–Kier alpha value is -3.61. The number of carbonyl (C=O) groups excluding carboxylic acids is 2. The predicted molar refractivity (Wildman–Crippen MR) is 137 cm³/mol. The van der Waals surface area contributed by atoms with E-state index in [2.05, 4.69) is 10.6 Å². The maximum absolute atomic E-state index is 12.4. The highest BCUT2D eigenvalue weighted by Crippen LogP contribution is 2.29. The Morgan fingerprint density at radius 1 is 0.639 bits per heavy atom. The molecule has 0 heterocycles. The summed E-state index contributed by atoms with van der Waals surface area (Å²) in [6.07, 6.45) is 0. The van der Waals surface area contributed by atoms with Crippen LogP contribution < -0.4 is 20.1 Å². The van der Waals surface area contributed by atoms with Gasteiger partial charge in [0.15, 0.2) is 0 Å². The fraction of sp³-hybridized carbons (Fsp3) is 0.130. The number of benzene rings is 3. The summed E-state index contributed by atoms with van der Waals surface area (Å²) in [5, 5.41) is 4.72. The van der Waals surface area contributed by atoms with Crippen molar-refractivity contribution >= 4 is 55.1 Å². The number of carbonyl (C=O) groups is 2. The fourth-order valence-corrected chi connectivity index (χ4v) is 5.03. The summed E-state index contributed by atoms with van der Waals surface area (Å²) in [6, 6.07) is 12.5. The number of aryl methyl sites for hydroxylation is 3. The van der Waals surface area contributed by atoms with Gasteiger partial charge in [0.1, 0.15) is 0 Å². The van der Waals surface area contributed by atoms with Gasteiger partial charge in [-0.2, -0.15) is 0 Å². The lowest BCUT2D eigenvalue weighted by Crippen LogP contribution is -2.35. The highest BCUT2D eigenvalue weighted by atomic mass is 35.5. The largest absolute Gasteiger partial charge is 0.333 e. The van der Waals surface area contributed by atoms with Crippen molar-refractivity contribution in [2.75, 3.05) is 10.6 Å². The van der Waals surface area contributed by atoms with Crippen LogP contribution in [0.25, 0.3) is 0 Å². The SMILES string of the molecule is Cc1ccc(S(=O)(=O)NC(=O)Nc2cc(Cl)c(NC(=O)NS(=O)(=O)c3ccc(C)cc3)cc2C)cc1. The quantitative estimate of drug-likeness (QED) is 0.359. The van der Waals surface area contributed by atoms with Crippen LogP contribution in [0, 0.1) is 20.8 Å². The fourth-order valence-electron chi connectivity index (χ4n) is 3.00. The molecule has 0 aliphatic rings. The smallest absolute Gasteiger partial charge is 0.307 e. The zero-order valence-electron chi connectivity index (χ0n) is 19.4. The van der Waals surface area contributed by atoms with Crippen LogP contribution in [-0.2, 0) is 20.0 Å². The van der Waals surface area contributed by atoms with Gasteiger partial charge in [0.05, 0.1) is 20.5 Å². The molecule has 0 aliphatic heterocycles. The molecule has 13 heteroatoms. The molecule has 0 fully saturated rings. The summed E-state index contributed by atoms with van der Waals surface area (Å²) >= 11 is 6.20. The average Bonchev–Trinajstić information content (AvgIpc) is 2.77. The minimum atomic E-state index is -4.11. The van der Waals surface area contributed by atoms with E-state index in [-0.39, 0.29) is 26.2 Å². The van der Waals surface area contributed by atoms with E-state index in [0.717, 1.165) is 11.1 Å². The van der Waals surface area contributed by atoms with Gasteiger partial charge in [-0.15, -0.1) is 0 Å². The number of nitrogens with one attached hydrogen (secondary N) is 4. The molecule has 0 saturated carbocycles. The van der Waals surface area contributed by atoms with Crippen LogP contribution in [0.15, 0.2) is 70.5 Å². The number of rotatable bonds is 6. The molecule has 3 aromatic carbocycles. The van der Waals surface area contributed by atoms with Gasteiger partial charge >= 0.3 is 12.1 Å². The number of anilines is 2. The van der Waals surface area contributed by atoms with Gasteiger partial charge in [-0.3, -0.25) is 0 Å². The number of amides is 4. The van der Waals surface area contributed by atoms with Crippen molar-refractivity contribution in [3.63, 3.8) is 0 Å². The lowest BCUT2D eigenvalue weighted by molar-refractivity contribution is 0.255. The Kier molecular flexibility index (Phi) is 7.92. The summed E-state index contributed by atoms with van der Waals surface area (Å²) in [7, 11) is -8.22. The average molecular weight is 551 g/mol. The number of halogens is 1. The van der Waals surface area contributed by atoms with Crippen LogP contribution in [0.4, 0.5) is 21.0 Å². The zero-order valence-corrected chi connectivity index (χ0v) is 21.8. The number of hydrogen-bond donors (Lipinski definition) is 4. The van der Waals surface area contributed by atoms with Crippen LogP contribution in [0.1, 0.15) is 16.7 Å². The van der Waals surface area contributed by atoms with E-state index in [1.807, 2.05) is 9.44 Å². The Morgan fingerprint density at radius 3 is 1.44 bits per heavy atom. The van der Waals surface area contributed by atoms with E-state index in [0.29, 0.717) is 5.56 Å². The monoisotopic (exact) mass is 550 g/mol. The first kappa shape index (κ1) is 27.0. The molecule has 0 atom stereocenters. The van der Waals surface area contributed by atoms with Gasteiger partial charge < -0.3 is 10.6 Å². The van der Waals surface area contributed by atoms with Crippen molar-refractivity contribution in [2.45, 2.75) is 30.6 Å². The van der Waals surface area contributed by atoms with Crippen LogP contribution in [0.3, 0.4) is 0 Å². The molecule has 0 unspecified atom stereocenters. The summed E-state index contributed by atoms with van der Waals surface area (Å²) in [6.45, 7) is 5.17. The lowest BCUT2D eigenvalue weighted by atomic mass is 10.1. The van der Waals surface area contributed by atoms with Crippen LogP contribution in [0.2, 0.25) is 5.02 Å². The van der Waals surface area contributed by atoms with Crippen molar-refractivity contribution in [1.82, 2.24) is 9.44 Å². The van der Waals surface area contributed by atoms with Crippen molar-refractivity contribution in [3.05, 3.63) is 82.4 Å². The first-order chi connectivity index (χ1) is 16.8. The van der Waals surface area contributed by atoms with E-state index in [1.165, 1.54) is 36.4 Å². The minimum Gasteiger partial charge on any atom is -0.307 e. The topological polar surface area (TPSA) is 151 Å². The Morgan fingerprint density at radius 2 is 1.03 bits per heavy atom. The molecule has 0 spiro atoms. The predicted octanol–water partition coefficient (Wildman–Crippen LogP) is 4.29. The second kappa shape index (κ2) is 10.6. The Bertz CT molecular complexity index is 1400. The van der Waals surface area contributed by atoms with Gasteiger partial charge in [-0.05, 0) is 62.7 Å². The molecule has 0 radical (unpaired) electrons. The Labute approximate surface area is 214 Å². The van der Waals surface area contributed by atoms with Gasteiger partial charge in [0.2, 0.25) is 0 Å². The Balaban J connectivity index is 1.68. The molecule has 3 aromatic rings. The zero-order chi connectivity index (χ0) is 26.7. The third-order valence-electron chi connectivity index (χ3n) is 4.93. The van der Waals surface area contributed by atoms with Gasteiger partial charge in [-0.25, -0.2) is 35.9 Å². The molecule has 4 amide bonds. The van der Waals surface area contributed by atoms with E-state index >= 15 is 0 Å². The second-order valence-corrected chi connectivity index (χ2v) is 11.7. The molecule has 36 heavy (non-hydrogen) atoms. The van der Waals surface area contributed by atoms with Gasteiger partial charge in [0, 0.05) is 5.69 Å². The van der Waals surface area contributed by atoms with Crippen LogP contribution >= 0.6 is 11.6 Å². The minimum absolute atomic E-state index is 0.0276. The van der Waals surface area contributed by atoms with E-state index in [1.54, 1.807) is 45.0 Å². The van der Waals surface area contributed by atoms with Crippen molar-refractivity contribution < 1.29 is 26.4 Å². The van der Waals surface area contributed by atoms with E-state index in [4.69, 9.17) is 11.6 Å². The number of sulfonamides is 2. The summed E-state index contributed by atoms with van der Waals surface area (Å²) in [5.74, 6) is 0. The van der Waals surface area contributed by atoms with Gasteiger partial charge in [-0.1, -0.05) is 47.0 Å². The molecule has 0 aliphatic carbocycles. The summed E-state index contributed by atoms with van der Waals surface area (Å²) in [4.78, 5) is 24.5. The second-order valence-electron chi connectivity index (χ2n) is 7.89. The van der Waals surface area contributed by atoms with E-state index in [9.17, 15) is 26.4 Å². The third-order valence-corrected chi connectivity index (χ3v) is 7.93. The number of urea groups is 2. The molecule has 0 bridgehead atoms. The highest BCUT2D eigenvalue weighted by molar-refractivity contribution is 7.90. The standard InChI is InChI=1S/C23H23ClN4O6S2/c1-14-4-8-17(9-5-14)35(31,32)27-22(29)25-20-13-19(24)21(12-16(20)3)26-23(30)28-36(33,34)18-10-6-15(2)7-11-18/h4-13H,1-3H3,(H2,25,27,29)(H2,26,28,30). The van der Waals surface area contributed by atoms with Crippen molar-refractivity contribution in [1.29, 1.82) is 0 Å². The lowest BCUT2D eigenvalue weighted by Gasteiger charge is -2.14.